The summed E-state index contributed by atoms with van der Waals surface area (Å²) in [5.41, 5.74) is 8.00. The number of fused-ring (bicyclic) bond motifs is 1. The molecule has 33 heavy (non-hydrogen) atoms. The molecule has 0 fully saturated rings. The van der Waals surface area contributed by atoms with Crippen LogP contribution in [0, 0.1) is 13.8 Å². The van der Waals surface area contributed by atoms with Crippen LogP contribution in [-0.2, 0) is 17.8 Å². The number of benzene rings is 3. The van der Waals surface area contributed by atoms with Crippen LogP contribution in [0.15, 0.2) is 72.8 Å². The fourth-order valence-electron chi connectivity index (χ4n) is 4.52. The van der Waals surface area contributed by atoms with Gasteiger partial charge in [-0.1, -0.05) is 68.0 Å². The van der Waals surface area contributed by atoms with E-state index in [1.807, 2.05) is 23.1 Å². The highest BCUT2D eigenvalue weighted by molar-refractivity contribution is 6.00. The van der Waals surface area contributed by atoms with Gasteiger partial charge in [-0.3, -0.25) is 4.79 Å². The number of carbonyl (C=O) groups excluding carboxylic acids is 1. The summed E-state index contributed by atoms with van der Waals surface area (Å²) in [5.74, 6) is 0.976. The number of allylic oxidation sites excluding steroid dienone is 1. The average molecular weight is 440 g/mol. The molecule has 0 aromatic heterocycles. The number of anilines is 1. The van der Waals surface area contributed by atoms with Crippen LogP contribution in [0.4, 0.5) is 5.69 Å². The zero-order valence-corrected chi connectivity index (χ0v) is 20.3. The fraction of sp³-hybridized carbons (Fsp3) is 0.300. The standard InChI is InChI=1S/C30H33NO2/c1-20(2)23-11-14-26(15-12-23)31(19-25-10-9-21(3)17-22(25)4)30(32)28-8-6-7-24-13-16-27(33-5)18-29(24)28/h6,8-18,20,28H,7,19H2,1-5H3. The monoisotopic (exact) mass is 439 g/mol. The van der Waals surface area contributed by atoms with E-state index in [-0.39, 0.29) is 11.8 Å². The predicted molar refractivity (Wildman–Crippen MR) is 136 cm³/mol. The Morgan fingerprint density at radius 1 is 1.03 bits per heavy atom. The largest absolute Gasteiger partial charge is 0.497 e. The van der Waals surface area contributed by atoms with Crippen LogP contribution in [0.3, 0.4) is 0 Å². The van der Waals surface area contributed by atoms with E-state index >= 15 is 0 Å². The van der Waals surface area contributed by atoms with E-state index < -0.39 is 0 Å². The van der Waals surface area contributed by atoms with Gasteiger partial charge in [-0.15, -0.1) is 0 Å². The molecule has 0 bridgehead atoms. The molecule has 3 aromatic rings. The highest BCUT2D eigenvalue weighted by Gasteiger charge is 2.29. The second-order valence-electron chi connectivity index (χ2n) is 9.28. The minimum Gasteiger partial charge on any atom is -0.497 e. The van der Waals surface area contributed by atoms with Crippen LogP contribution in [0.1, 0.15) is 59.1 Å². The summed E-state index contributed by atoms with van der Waals surface area (Å²) < 4.78 is 5.46. The van der Waals surface area contributed by atoms with Gasteiger partial charge < -0.3 is 9.64 Å². The van der Waals surface area contributed by atoms with Crippen LogP contribution in [0.25, 0.3) is 0 Å². The SMILES string of the molecule is COc1ccc2c(c1)C(C(=O)N(Cc1ccc(C)cc1C)c1ccc(C(C)C)cc1)C=CC2. The highest BCUT2D eigenvalue weighted by atomic mass is 16.5. The van der Waals surface area contributed by atoms with Crippen LogP contribution >= 0.6 is 0 Å². The lowest BCUT2D eigenvalue weighted by molar-refractivity contribution is -0.119. The van der Waals surface area contributed by atoms with Gasteiger partial charge in [0, 0.05) is 5.69 Å². The topological polar surface area (TPSA) is 29.5 Å². The molecule has 1 aliphatic carbocycles. The Labute approximate surface area is 197 Å². The molecule has 4 rings (SSSR count). The number of hydrogen-bond donors (Lipinski definition) is 0. The van der Waals surface area contributed by atoms with Crippen LogP contribution < -0.4 is 9.64 Å². The van der Waals surface area contributed by atoms with Crippen LogP contribution in [0.5, 0.6) is 5.75 Å². The van der Waals surface area contributed by atoms with Crippen molar-refractivity contribution in [3.05, 3.63) is 106 Å². The number of methoxy groups -OCH3 is 1. The van der Waals surface area contributed by atoms with Gasteiger partial charge in [-0.05, 0) is 78.3 Å². The predicted octanol–water partition coefficient (Wildman–Crippen LogP) is 6.86. The lowest BCUT2D eigenvalue weighted by Crippen LogP contribution is -2.35. The summed E-state index contributed by atoms with van der Waals surface area (Å²) in [4.78, 5) is 16.0. The molecule has 170 valence electrons. The molecule has 0 saturated carbocycles. The van der Waals surface area contributed by atoms with E-state index in [0.29, 0.717) is 12.5 Å². The third-order valence-electron chi connectivity index (χ3n) is 6.58. The van der Waals surface area contributed by atoms with E-state index in [1.165, 1.54) is 22.3 Å². The molecule has 0 heterocycles. The Morgan fingerprint density at radius 2 is 1.79 bits per heavy atom. The number of ether oxygens (including phenoxy) is 1. The first kappa shape index (κ1) is 22.8. The van der Waals surface area contributed by atoms with Crippen LogP contribution in [-0.4, -0.2) is 13.0 Å². The third kappa shape index (κ3) is 4.88. The summed E-state index contributed by atoms with van der Waals surface area (Å²) in [5, 5.41) is 0. The Morgan fingerprint density at radius 3 is 2.45 bits per heavy atom. The maximum Gasteiger partial charge on any atom is 0.238 e. The molecule has 3 aromatic carbocycles. The second kappa shape index (κ2) is 9.66. The number of amides is 1. The minimum absolute atomic E-state index is 0.0812. The number of rotatable bonds is 6. The first-order chi connectivity index (χ1) is 15.9. The molecule has 0 aliphatic heterocycles. The normalized spacial score (nSPS) is 14.8. The maximum atomic E-state index is 14.1. The molecule has 0 saturated heterocycles. The van der Waals surface area contributed by atoms with E-state index in [9.17, 15) is 4.79 Å². The Kier molecular flexibility index (Phi) is 6.69. The van der Waals surface area contributed by atoms with Crippen molar-refractivity contribution in [1.82, 2.24) is 0 Å². The summed E-state index contributed by atoms with van der Waals surface area (Å²) in [6.07, 6.45) is 4.99. The number of nitrogens with zero attached hydrogens (tertiary/aromatic N) is 1. The van der Waals surface area contributed by atoms with Crippen LogP contribution in [0.2, 0.25) is 0 Å². The van der Waals surface area contributed by atoms with Gasteiger partial charge in [-0.2, -0.15) is 0 Å². The smallest absolute Gasteiger partial charge is 0.238 e. The number of aryl methyl sites for hydroxylation is 2. The van der Waals surface area contributed by atoms with Gasteiger partial charge in [0.1, 0.15) is 5.75 Å². The van der Waals surface area contributed by atoms with Crippen molar-refractivity contribution in [1.29, 1.82) is 0 Å². The van der Waals surface area contributed by atoms with E-state index in [2.05, 4.69) is 82.3 Å². The first-order valence-corrected chi connectivity index (χ1v) is 11.7. The van der Waals surface area contributed by atoms with Crippen molar-refractivity contribution >= 4 is 11.6 Å². The molecule has 3 nitrogen and oxygen atoms in total. The molecule has 1 unspecified atom stereocenters. The first-order valence-electron chi connectivity index (χ1n) is 11.7. The summed E-state index contributed by atoms with van der Waals surface area (Å²) in [6.45, 7) is 9.13. The lowest BCUT2D eigenvalue weighted by Gasteiger charge is -2.30. The third-order valence-corrected chi connectivity index (χ3v) is 6.58. The van der Waals surface area contributed by atoms with Gasteiger partial charge in [0.05, 0.1) is 19.6 Å². The quantitative estimate of drug-likeness (QED) is 0.393. The summed E-state index contributed by atoms with van der Waals surface area (Å²) >= 11 is 0. The lowest BCUT2D eigenvalue weighted by atomic mass is 9.86. The molecule has 0 radical (unpaired) electrons. The summed E-state index contributed by atoms with van der Waals surface area (Å²) in [7, 11) is 1.67. The number of hydrogen-bond acceptors (Lipinski definition) is 2. The van der Waals surface area contributed by atoms with Crippen molar-refractivity contribution < 1.29 is 9.53 Å². The van der Waals surface area contributed by atoms with Crippen molar-refractivity contribution in [2.75, 3.05) is 12.0 Å². The molecule has 1 amide bonds. The number of carbonyl (C=O) groups is 1. The zero-order valence-electron chi connectivity index (χ0n) is 20.3. The molecule has 3 heteroatoms. The van der Waals surface area contributed by atoms with E-state index in [1.54, 1.807) is 7.11 Å². The van der Waals surface area contributed by atoms with Gasteiger partial charge >= 0.3 is 0 Å². The molecule has 0 N–H and O–H groups in total. The van der Waals surface area contributed by atoms with Gasteiger partial charge in [0.15, 0.2) is 0 Å². The average Bonchev–Trinajstić information content (AvgIpc) is 2.82. The Balaban J connectivity index is 1.75. The minimum atomic E-state index is -0.334. The van der Waals surface area contributed by atoms with Gasteiger partial charge in [-0.25, -0.2) is 0 Å². The Hall–Kier alpha value is -3.33. The van der Waals surface area contributed by atoms with Crippen molar-refractivity contribution in [3.8, 4) is 5.75 Å². The molecule has 0 spiro atoms. The highest BCUT2D eigenvalue weighted by Crippen LogP contribution is 2.34. The van der Waals surface area contributed by atoms with Crippen molar-refractivity contribution in [2.24, 2.45) is 0 Å². The van der Waals surface area contributed by atoms with Gasteiger partial charge in [0.2, 0.25) is 5.91 Å². The molecule has 1 atom stereocenters. The van der Waals surface area contributed by atoms with Crippen molar-refractivity contribution in [2.45, 2.75) is 52.5 Å². The van der Waals surface area contributed by atoms with Crippen molar-refractivity contribution in [3.63, 3.8) is 0 Å². The zero-order chi connectivity index (χ0) is 23.5. The van der Waals surface area contributed by atoms with E-state index in [0.717, 1.165) is 29.0 Å². The van der Waals surface area contributed by atoms with E-state index in [4.69, 9.17) is 4.74 Å². The van der Waals surface area contributed by atoms with Gasteiger partial charge in [0.25, 0.3) is 0 Å². The molecular weight excluding hydrogens is 406 g/mol. The summed E-state index contributed by atoms with van der Waals surface area (Å²) in [6, 6.07) is 20.9. The fourth-order valence-corrected chi connectivity index (χ4v) is 4.52. The second-order valence-corrected chi connectivity index (χ2v) is 9.28. The maximum absolute atomic E-state index is 14.1. The molecule has 1 aliphatic rings. The Bertz CT molecular complexity index is 1170. The molecular formula is C30H33NO2.